The fourth-order valence-electron chi connectivity index (χ4n) is 2.01. The van der Waals surface area contributed by atoms with Crippen molar-refractivity contribution in [2.24, 2.45) is 0 Å². The summed E-state index contributed by atoms with van der Waals surface area (Å²) < 4.78 is 0. The van der Waals surface area contributed by atoms with Crippen LogP contribution < -0.4 is 5.32 Å². The summed E-state index contributed by atoms with van der Waals surface area (Å²) in [6.07, 6.45) is 3.42. The molecular formula is C12H25N3O. The zero-order valence-corrected chi connectivity index (χ0v) is 10.8. The van der Waals surface area contributed by atoms with Crippen LogP contribution >= 0.6 is 0 Å². The second-order valence-electron chi connectivity index (χ2n) is 4.87. The molecule has 94 valence electrons. The van der Waals surface area contributed by atoms with E-state index >= 15 is 0 Å². The number of hydrogen-bond acceptors (Lipinski definition) is 3. The lowest BCUT2D eigenvalue weighted by atomic mass is 10.2. The topological polar surface area (TPSA) is 35.6 Å². The molecule has 0 saturated carbocycles. The largest absolute Gasteiger partial charge is 0.341 e. The van der Waals surface area contributed by atoms with Gasteiger partial charge in [0, 0.05) is 13.1 Å². The lowest BCUT2D eigenvalue weighted by Gasteiger charge is -2.21. The lowest BCUT2D eigenvalue weighted by Crippen LogP contribution is -2.44. The molecule has 1 rings (SSSR count). The minimum atomic E-state index is -0.0275. The van der Waals surface area contributed by atoms with Gasteiger partial charge in [0.15, 0.2) is 0 Å². The molecule has 1 aliphatic heterocycles. The van der Waals surface area contributed by atoms with Crippen molar-refractivity contribution in [2.45, 2.75) is 32.2 Å². The molecule has 16 heavy (non-hydrogen) atoms. The van der Waals surface area contributed by atoms with E-state index in [0.29, 0.717) is 0 Å². The lowest BCUT2D eigenvalue weighted by molar-refractivity contribution is -0.131. The molecule has 1 fully saturated rings. The fourth-order valence-corrected chi connectivity index (χ4v) is 2.01. The van der Waals surface area contributed by atoms with Gasteiger partial charge in [-0.25, -0.2) is 0 Å². The third kappa shape index (κ3) is 4.49. The second-order valence-corrected chi connectivity index (χ2v) is 4.87. The number of carbonyl (C=O) groups is 1. The number of amides is 1. The van der Waals surface area contributed by atoms with Gasteiger partial charge in [0.05, 0.1) is 6.04 Å². The number of nitrogens with zero attached hydrogens (tertiary/aromatic N) is 2. The molecule has 0 bridgehead atoms. The van der Waals surface area contributed by atoms with Gasteiger partial charge >= 0.3 is 0 Å². The van der Waals surface area contributed by atoms with E-state index in [4.69, 9.17) is 0 Å². The Kier molecular flexibility index (Phi) is 5.77. The van der Waals surface area contributed by atoms with Gasteiger partial charge in [-0.2, -0.15) is 0 Å². The second kappa shape index (κ2) is 6.86. The normalized spacial score (nSPS) is 18.1. The summed E-state index contributed by atoms with van der Waals surface area (Å²) >= 11 is 0. The Morgan fingerprint density at radius 1 is 1.38 bits per heavy atom. The summed E-state index contributed by atoms with van der Waals surface area (Å²) in [5.74, 6) is 0.266. The van der Waals surface area contributed by atoms with E-state index in [9.17, 15) is 4.79 Å². The maximum Gasteiger partial charge on any atom is 0.239 e. The summed E-state index contributed by atoms with van der Waals surface area (Å²) in [6, 6.07) is -0.0275. The van der Waals surface area contributed by atoms with Crippen LogP contribution in [0.25, 0.3) is 0 Å². The average Bonchev–Trinajstić information content (AvgIpc) is 2.76. The van der Waals surface area contributed by atoms with Gasteiger partial charge in [-0.1, -0.05) is 0 Å². The Morgan fingerprint density at radius 2 is 2.00 bits per heavy atom. The monoisotopic (exact) mass is 227 g/mol. The van der Waals surface area contributed by atoms with Crippen molar-refractivity contribution in [3.63, 3.8) is 0 Å². The summed E-state index contributed by atoms with van der Waals surface area (Å²) in [5, 5.41) is 3.30. The third-order valence-corrected chi connectivity index (χ3v) is 3.02. The molecule has 1 atom stereocenters. The highest BCUT2D eigenvalue weighted by molar-refractivity contribution is 5.81. The Morgan fingerprint density at radius 3 is 2.56 bits per heavy atom. The zero-order valence-electron chi connectivity index (χ0n) is 10.8. The van der Waals surface area contributed by atoms with E-state index in [1.807, 2.05) is 11.8 Å². The Hall–Kier alpha value is -0.610. The molecule has 1 aliphatic rings. The van der Waals surface area contributed by atoms with E-state index in [1.165, 1.54) is 12.8 Å². The van der Waals surface area contributed by atoms with Gasteiger partial charge < -0.3 is 15.1 Å². The molecule has 4 nitrogen and oxygen atoms in total. The summed E-state index contributed by atoms with van der Waals surface area (Å²) in [4.78, 5) is 16.1. The van der Waals surface area contributed by atoms with E-state index in [2.05, 4.69) is 24.3 Å². The SMILES string of the molecule is C[C@@H](NCCCN(C)C)C(=O)N1CCCC1. The quantitative estimate of drug-likeness (QED) is 0.673. The number of hydrogen-bond donors (Lipinski definition) is 1. The van der Waals surface area contributed by atoms with Gasteiger partial charge in [0.2, 0.25) is 5.91 Å². The molecule has 0 spiro atoms. The number of rotatable bonds is 6. The summed E-state index contributed by atoms with van der Waals surface area (Å²) in [5.41, 5.74) is 0. The standard InChI is InChI=1S/C12H25N3O/c1-11(13-7-6-8-14(2)3)12(16)15-9-4-5-10-15/h11,13H,4-10H2,1-3H3/t11-/m1/s1. The smallest absolute Gasteiger partial charge is 0.239 e. The van der Waals surface area contributed by atoms with Gasteiger partial charge in [0.1, 0.15) is 0 Å². The molecule has 1 saturated heterocycles. The van der Waals surface area contributed by atoms with Crippen molar-refractivity contribution in [3.05, 3.63) is 0 Å². The third-order valence-electron chi connectivity index (χ3n) is 3.02. The predicted octanol–water partition coefficient (Wildman–Crippen LogP) is 0.539. The van der Waals surface area contributed by atoms with Gasteiger partial charge in [-0.05, 0) is 53.4 Å². The molecule has 1 N–H and O–H groups in total. The molecule has 0 aromatic carbocycles. The number of carbonyl (C=O) groups excluding carboxylic acids is 1. The number of likely N-dealkylation sites (tertiary alicyclic amines) is 1. The summed E-state index contributed by atoms with van der Waals surface area (Å²) in [7, 11) is 4.14. The van der Waals surface area contributed by atoms with Crippen molar-refractivity contribution in [1.29, 1.82) is 0 Å². The Balaban J connectivity index is 2.13. The zero-order chi connectivity index (χ0) is 12.0. The minimum Gasteiger partial charge on any atom is -0.341 e. The van der Waals surface area contributed by atoms with Crippen LogP contribution in [-0.2, 0) is 4.79 Å². The van der Waals surface area contributed by atoms with Crippen molar-refractivity contribution in [1.82, 2.24) is 15.1 Å². The number of nitrogens with one attached hydrogen (secondary N) is 1. The van der Waals surface area contributed by atoms with E-state index in [0.717, 1.165) is 32.6 Å². The van der Waals surface area contributed by atoms with Crippen LogP contribution in [0.3, 0.4) is 0 Å². The van der Waals surface area contributed by atoms with Crippen molar-refractivity contribution in [2.75, 3.05) is 40.3 Å². The van der Waals surface area contributed by atoms with Crippen LogP contribution in [0, 0.1) is 0 Å². The Labute approximate surface area is 99.0 Å². The first-order chi connectivity index (χ1) is 7.61. The van der Waals surface area contributed by atoms with Crippen LogP contribution in [0.4, 0.5) is 0 Å². The van der Waals surface area contributed by atoms with Gasteiger partial charge in [-0.15, -0.1) is 0 Å². The molecular weight excluding hydrogens is 202 g/mol. The molecule has 0 aliphatic carbocycles. The highest BCUT2D eigenvalue weighted by Gasteiger charge is 2.22. The Bertz CT molecular complexity index is 212. The molecule has 4 heteroatoms. The van der Waals surface area contributed by atoms with E-state index in [1.54, 1.807) is 0 Å². The molecule has 1 heterocycles. The fraction of sp³-hybridized carbons (Fsp3) is 0.917. The maximum absolute atomic E-state index is 11.9. The van der Waals surface area contributed by atoms with Crippen molar-refractivity contribution < 1.29 is 4.79 Å². The first kappa shape index (κ1) is 13.5. The van der Waals surface area contributed by atoms with Gasteiger partial charge in [-0.3, -0.25) is 4.79 Å². The maximum atomic E-state index is 11.9. The van der Waals surface area contributed by atoms with Crippen molar-refractivity contribution in [3.8, 4) is 0 Å². The molecule has 0 aromatic heterocycles. The highest BCUT2D eigenvalue weighted by atomic mass is 16.2. The van der Waals surface area contributed by atoms with Crippen LogP contribution in [0.2, 0.25) is 0 Å². The van der Waals surface area contributed by atoms with Gasteiger partial charge in [0.25, 0.3) is 0 Å². The first-order valence-corrected chi connectivity index (χ1v) is 6.28. The average molecular weight is 227 g/mol. The van der Waals surface area contributed by atoms with Crippen LogP contribution in [0.5, 0.6) is 0 Å². The molecule has 1 amide bonds. The first-order valence-electron chi connectivity index (χ1n) is 6.28. The summed E-state index contributed by atoms with van der Waals surface area (Å²) in [6.45, 7) is 5.85. The van der Waals surface area contributed by atoms with Crippen molar-refractivity contribution >= 4 is 5.91 Å². The van der Waals surface area contributed by atoms with Crippen LogP contribution in [0.15, 0.2) is 0 Å². The molecule has 0 aromatic rings. The molecule has 0 radical (unpaired) electrons. The minimum absolute atomic E-state index is 0.0275. The molecule has 0 unspecified atom stereocenters. The van der Waals surface area contributed by atoms with Crippen LogP contribution in [-0.4, -0.2) is 62.0 Å². The van der Waals surface area contributed by atoms with E-state index in [-0.39, 0.29) is 11.9 Å². The van der Waals surface area contributed by atoms with E-state index < -0.39 is 0 Å². The van der Waals surface area contributed by atoms with Crippen LogP contribution in [0.1, 0.15) is 26.2 Å². The predicted molar refractivity (Wildman–Crippen MR) is 66.4 cm³/mol. The highest BCUT2D eigenvalue weighted by Crippen LogP contribution is 2.08.